The second-order valence-electron chi connectivity index (χ2n) is 7.06. The average molecular weight is 483 g/mol. The number of carbonyl (C=O) groups is 1. The molecule has 2 heterocycles. The number of likely N-dealkylation sites (tertiary alicyclic amines) is 1. The van der Waals surface area contributed by atoms with E-state index in [9.17, 15) is 4.79 Å². The minimum Gasteiger partial charge on any atom is -0.370 e. The van der Waals surface area contributed by atoms with Gasteiger partial charge in [0, 0.05) is 50.2 Å². The lowest BCUT2D eigenvalue weighted by Crippen LogP contribution is -2.47. The number of nitrogens with two attached hydrogens (primary N) is 1. The molecule has 148 valence electrons. The van der Waals surface area contributed by atoms with Gasteiger partial charge in [-0.2, -0.15) is 0 Å². The first-order chi connectivity index (χ1) is 12.7. The third kappa shape index (κ3) is 5.85. The number of nitrogens with one attached hydrogen (secondary N) is 2. The Hall–Kier alpha value is -1.77. The maximum absolute atomic E-state index is 11.2. The van der Waals surface area contributed by atoms with Gasteiger partial charge in [0.15, 0.2) is 5.96 Å². The number of H-pyrrole nitrogens is 1. The van der Waals surface area contributed by atoms with Crippen LogP contribution in [0.1, 0.15) is 31.2 Å². The lowest BCUT2D eigenvalue weighted by atomic mass is 9.95. The van der Waals surface area contributed by atoms with Gasteiger partial charge in [0.1, 0.15) is 0 Å². The number of para-hydroxylation sites is 1. The van der Waals surface area contributed by atoms with Crippen LogP contribution in [0.3, 0.4) is 0 Å². The first-order valence-corrected chi connectivity index (χ1v) is 9.46. The Kier molecular flexibility index (Phi) is 8.40. The number of aromatic amines is 1. The van der Waals surface area contributed by atoms with E-state index >= 15 is 0 Å². The molecular weight excluding hydrogens is 453 g/mol. The van der Waals surface area contributed by atoms with Gasteiger partial charge in [0.05, 0.1) is 0 Å². The molecule has 1 amide bonds. The Morgan fingerprint density at radius 2 is 2.22 bits per heavy atom. The van der Waals surface area contributed by atoms with E-state index in [2.05, 4.69) is 50.7 Å². The summed E-state index contributed by atoms with van der Waals surface area (Å²) < 4.78 is 0. The zero-order valence-corrected chi connectivity index (χ0v) is 18.2. The molecule has 0 bridgehead atoms. The van der Waals surface area contributed by atoms with Crippen LogP contribution in [-0.4, -0.2) is 48.4 Å². The first kappa shape index (κ1) is 21.5. The SMILES string of the molecule is CN=C(NCCCc1c[nH]c2ccccc12)N1CCCC(CC(N)=O)C1.I. The number of nitrogens with zero attached hydrogens (tertiary/aromatic N) is 2. The number of hydrogen-bond acceptors (Lipinski definition) is 2. The van der Waals surface area contributed by atoms with Gasteiger partial charge in [-0.3, -0.25) is 9.79 Å². The Morgan fingerprint density at radius 3 is 3.00 bits per heavy atom. The third-order valence-electron chi connectivity index (χ3n) is 5.10. The van der Waals surface area contributed by atoms with Gasteiger partial charge < -0.3 is 20.9 Å². The standard InChI is InChI=1S/C20H29N5O.HI/c1-22-20(25-11-5-6-15(14-25)12-19(21)26)23-10-4-7-16-13-24-18-9-3-2-8-17(16)18;/h2-3,8-9,13,15,24H,4-7,10-12,14H2,1H3,(H2,21,26)(H,22,23);1H. The number of halogens is 1. The highest BCUT2D eigenvalue weighted by Crippen LogP contribution is 2.20. The highest BCUT2D eigenvalue weighted by molar-refractivity contribution is 14.0. The molecule has 1 aliphatic rings. The van der Waals surface area contributed by atoms with E-state index in [0.717, 1.165) is 51.3 Å². The van der Waals surface area contributed by atoms with Gasteiger partial charge >= 0.3 is 0 Å². The van der Waals surface area contributed by atoms with Crippen LogP contribution in [0.4, 0.5) is 0 Å². The van der Waals surface area contributed by atoms with Crippen LogP contribution in [0.15, 0.2) is 35.5 Å². The highest BCUT2D eigenvalue weighted by Gasteiger charge is 2.23. The summed E-state index contributed by atoms with van der Waals surface area (Å²) in [7, 11) is 1.82. The maximum Gasteiger partial charge on any atom is 0.217 e. The summed E-state index contributed by atoms with van der Waals surface area (Å²) in [6, 6.07) is 8.41. The summed E-state index contributed by atoms with van der Waals surface area (Å²) in [5.74, 6) is 1.06. The fourth-order valence-corrected chi connectivity index (χ4v) is 3.86. The zero-order chi connectivity index (χ0) is 18.4. The predicted molar refractivity (Wildman–Crippen MR) is 122 cm³/mol. The molecule has 1 aromatic heterocycles. The molecule has 0 saturated carbocycles. The van der Waals surface area contributed by atoms with E-state index in [4.69, 9.17) is 5.73 Å². The van der Waals surface area contributed by atoms with Crippen molar-refractivity contribution in [2.24, 2.45) is 16.6 Å². The number of benzene rings is 1. The fourth-order valence-electron chi connectivity index (χ4n) is 3.86. The number of aromatic nitrogens is 1. The number of amides is 1. The van der Waals surface area contributed by atoms with Crippen molar-refractivity contribution >= 4 is 46.7 Å². The molecule has 2 aromatic rings. The van der Waals surface area contributed by atoms with E-state index < -0.39 is 0 Å². The van der Waals surface area contributed by atoms with Gasteiger partial charge in [0.25, 0.3) is 0 Å². The number of piperidine rings is 1. The quantitative estimate of drug-likeness (QED) is 0.256. The summed E-state index contributed by atoms with van der Waals surface area (Å²) in [6.45, 7) is 2.71. The molecule has 6 nitrogen and oxygen atoms in total. The second kappa shape index (κ2) is 10.5. The van der Waals surface area contributed by atoms with E-state index in [1.165, 1.54) is 16.5 Å². The molecule has 4 N–H and O–H groups in total. The Morgan fingerprint density at radius 1 is 1.41 bits per heavy atom. The number of guanidine groups is 1. The van der Waals surface area contributed by atoms with Crippen LogP contribution >= 0.6 is 24.0 Å². The minimum atomic E-state index is -0.210. The molecule has 27 heavy (non-hydrogen) atoms. The van der Waals surface area contributed by atoms with Gasteiger partial charge in [-0.15, -0.1) is 24.0 Å². The fraction of sp³-hybridized carbons (Fsp3) is 0.500. The van der Waals surface area contributed by atoms with E-state index in [0.29, 0.717) is 12.3 Å². The van der Waals surface area contributed by atoms with Gasteiger partial charge in [-0.1, -0.05) is 18.2 Å². The van der Waals surface area contributed by atoms with E-state index in [1.54, 1.807) is 0 Å². The van der Waals surface area contributed by atoms with Crippen LogP contribution in [0.25, 0.3) is 10.9 Å². The van der Waals surface area contributed by atoms with Crippen molar-refractivity contribution in [3.05, 3.63) is 36.0 Å². The number of hydrogen-bond donors (Lipinski definition) is 3. The highest BCUT2D eigenvalue weighted by atomic mass is 127. The molecule has 1 fully saturated rings. The van der Waals surface area contributed by atoms with Crippen molar-refractivity contribution in [3.8, 4) is 0 Å². The smallest absolute Gasteiger partial charge is 0.217 e. The molecule has 7 heteroatoms. The van der Waals surface area contributed by atoms with Crippen molar-refractivity contribution in [2.75, 3.05) is 26.7 Å². The average Bonchev–Trinajstić information content (AvgIpc) is 3.05. The molecule has 1 atom stereocenters. The van der Waals surface area contributed by atoms with Crippen molar-refractivity contribution in [2.45, 2.75) is 32.1 Å². The van der Waals surface area contributed by atoms with E-state index in [-0.39, 0.29) is 29.9 Å². The number of primary amides is 1. The molecule has 1 aromatic carbocycles. The van der Waals surface area contributed by atoms with Crippen LogP contribution in [0.5, 0.6) is 0 Å². The normalized spacial score (nSPS) is 17.6. The number of aryl methyl sites for hydroxylation is 1. The third-order valence-corrected chi connectivity index (χ3v) is 5.10. The lowest BCUT2D eigenvalue weighted by Gasteiger charge is -2.34. The Balaban J connectivity index is 0.00000261. The number of carbonyl (C=O) groups excluding carboxylic acids is 1. The lowest BCUT2D eigenvalue weighted by molar-refractivity contribution is -0.119. The Labute approximate surface area is 178 Å². The summed E-state index contributed by atoms with van der Waals surface area (Å²) in [4.78, 5) is 21.2. The number of fused-ring (bicyclic) bond motifs is 1. The molecule has 1 saturated heterocycles. The molecule has 0 spiro atoms. The largest absolute Gasteiger partial charge is 0.370 e. The van der Waals surface area contributed by atoms with Crippen molar-refractivity contribution < 1.29 is 4.79 Å². The van der Waals surface area contributed by atoms with Gasteiger partial charge in [-0.25, -0.2) is 0 Å². The van der Waals surface area contributed by atoms with Gasteiger partial charge in [0.2, 0.25) is 5.91 Å². The topological polar surface area (TPSA) is 86.5 Å². The van der Waals surface area contributed by atoms with Crippen molar-refractivity contribution in [1.82, 2.24) is 15.2 Å². The Bertz CT molecular complexity index is 773. The zero-order valence-electron chi connectivity index (χ0n) is 15.9. The predicted octanol–water partition coefficient (Wildman–Crippen LogP) is 2.88. The van der Waals surface area contributed by atoms with Crippen LogP contribution in [-0.2, 0) is 11.2 Å². The molecule has 0 radical (unpaired) electrons. The second-order valence-corrected chi connectivity index (χ2v) is 7.06. The monoisotopic (exact) mass is 483 g/mol. The first-order valence-electron chi connectivity index (χ1n) is 9.46. The van der Waals surface area contributed by atoms with Crippen LogP contribution in [0, 0.1) is 5.92 Å². The summed E-state index contributed by atoms with van der Waals surface area (Å²) >= 11 is 0. The number of aliphatic imine (C=N–C) groups is 1. The van der Waals surface area contributed by atoms with Crippen LogP contribution in [0.2, 0.25) is 0 Å². The van der Waals surface area contributed by atoms with Crippen molar-refractivity contribution in [1.29, 1.82) is 0 Å². The summed E-state index contributed by atoms with van der Waals surface area (Å²) in [5, 5.41) is 4.78. The maximum atomic E-state index is 11.2. The minimum absolute atomic E-state index is 0. The summed E-state index contributed by atoms with van der Waals surface area (Å²) in [6.07, 6.45) is 6.79. The number of rotatable bonds is 6. The molecule has 3 rings (SSSR count). The van der Waals surface area contributed by atoms with Gasteiger partial charge in [-0.05, 0) is 43.2 Å². The van der Waals surface area contributed by atoms with Crippen molar-refractivity contribution in [3.63, 3.8) is 0 Å². The summed E-state index contributed by atoms with van der Waals surface area (Å²) in [5.41, 5.74) is 7.91. The van der Waals surface area contributed by atoms with Crippen LogP contribution < -0.4 is 11.1 Å². The molecule has 1 aliphatic heterocycles. The van der Waals surface area contributed by atoms with E-state index in [1.807, 2.05) is 7.05 Å². The molecular formula is C20H30IN5O. The molecule has 0 aliphatic carbocycles. The molecule has 1 unspecified atom stereocenters.